The first kappa shape index (κ1) is 12.7. The predicted octanol–water partition coefficient (Wildman–Crippen LogP) is 2.62. The fraction of sp³-hybridized carbons (Fsp3) is 0.714. The fourth-order valence-electron chi connectivity index (χ4n) is 2.54. The molecular formula is C14H24N2O. The van der Waals surface area contributed by atoms with Crippen LogP contribution in [0.3, 0.4) is 0 Å². The van der Waals surface area contributed by atoms with Gasteiger partial charge in [-0.3, -0.25) is 4.90 Å². The Morgan fingerprint density at radius 3 is 2.76 bits per heavy atom. The standard InChI is InChI=1S/C14H24N2O/c1-14(11-15,9-12-5-3-6-12)16(2)10-13-7-4-8-17-13/h4,7-8,12H,3,5-6,9-11,15H2,1-2H3. The van der Waals surface area contributed by atoms with E-state index in [9.17, 15) is 0 Å². The van der Waals surface area contributed by atoms with E-state index in [1.807, 2.05) is 12.1 Å². The van der Waals surface area contributed by atoms with E-state index in [-0.39, 0.29) is 5.54 Å². The Hall–Kier alpha value is -0.800. The molecule has 3 heteroatoms. The highest BCUT2D eigenvalue weighted by molar-refractivity contribution is 5.00. The maximum Gasteiger partial charge on any atom is 0.117 e. The van der Waals surface area contributed by atoms with Gasteiger partial charge >= 0.3 is 0 Å². The number of nitrogens with two attached hydrogens (primary N) is 1. The Morgan fingerprint density at radius 2 is 2.29 bits per heavy atom. The van der Waals surface area contributed by atoms with Crippen molar-refractivity contribution in [2.24, 2.45) is 11.7 Å². The summed E-state index contributed by atoms with van der Waals surface area (Å²) in [6, 6.07) is 3.96. The SMILES string of the molecule is CN(Cc1ccco1)C(C)(CN)CC1CCC1. The van der Waals surface area contributed by atoms with Gasteiger partial charge in [0.1, 0.15) is 5.76 Å². The average Bonchev–Trinajstić information content (AvgIpc) is 2.76. The molecular weight excluding hydrogens is 212 g/mol. The fourth-order valence-corrected chi connectivity index (χ4v) is 2.54. The average molecular weight is 236 g/mol. The Bertz CT molecular complexity index is 332. The molecule has 1 heterocycles. The zero-order chi connectivity index (χ0) is 12.3. The molecule has 0 aromatic carbocycles. The van der Waals surface area contributed by atoms with Gasteiger partial charge in [0.25, 0.3) is 0 Å². The monoisotopic (exact) mass is 236 g/mol. The highest BCUT2D eigenvalue weighted by atomic mass is 16.3. The third-order valence-corrected chi connectivity index (χ3v) is 4.29. The summed E-state index contributed by atoms with van der Waals surface area (Å²) >= 11 is 0. The van der Waals surface area contributed by atoms with Crippen molar-refractivity contribution in [2.45, 2.75) is 44.7 Å². The lowest BCUT2D eigenvalue weighted by Crippen LogP contribution is -2.51. The summed E-state index contributed by atoms with van der Waals surface area (Å²) in [5.41, 5.74) is 6.09. The summed E-state index contributed by atoms with van der Waals surface area (Å²) in [5, 5.41) is 0. The first-order chi connectivity index (χ1) is 8.14. The summed E-state index contributed by atoms with van der Waals surface area (Å²) in [5.74, 6) is 1.89. The Balaban J connectivity index is 1.95. The van der Waals surface area contributed by atoms with E-state index in [0.717, 1.165) is 18.2 Å². The quantitative estimate of drug-likeness (QED) is 0.825. The Labute approximate surface area is 104 Å². The number of hydrogen-bond acceptors (Lipinski definition) is 3. The van der Waals surface area contributed by atoms with Crippen molar-refractivity contribution in [1.82, 2.24) is 4.90 Å². The molecule has 2 N–H and O–H groups in total. The minimum absolute atomic E-state index is 0.0951. The van der Waals surface area contributed by atoms with E-state index >= 15 is 0 Å². The van der Waals surface area contributed by atoms with Gasteiger partial charge in [0.15, 0.2) is 0 Å². The molecule has 2 rings (SSSR count). The summed E-state index contributed by atoms with van der Waals surface area (Å²) < 4.78 is 5.41. The predicted molar refractivity (Wildman–Crippen MR) is 69.6 cm³/mol. The van der Waals surface area contributed by atoms with Crippen LogP contribution in [0.15, 0.2) is 22.8 Å². The van der Waals surface area contributed by atoms with E-state index in [0.29, 0.717) is 6.54 Å². The van der Waals surface area contributed by atoms with Crippen LogP contribution in [0.1, 0.15) is 38.4 Å². The number of likely N-dealkylation sites (N-methyl/N-ethyl adjacent to an activating group) is 1. The van der Waals surface area contributed by atoms with E-state index in [1.54, 1.807) is 6.26 Å². The second-order valence-corrected chi connectivity index (χ2v) is 5.64. The molecule has 0 amide bonds. The van der Waals surface area contributed by atoms with Gasteiger partial charge in [-0.25, -0.2) is 0 Å². The normalized spacial score (nSPS) is 20.2. The smallest absolute Gasteiger partial charge is 0.117 e. The number of furan rings is 1. The van der Waals surface area contributed by atoms with Crippen molar-refractivity contribution in [1.29, 1.82) is 0 Å². The number of hydrogen-bond donors (Lipinski definition) is 1. The Kier molecular flexibility index (Phi) is 3.89. The van der Waals surface area contributed by atoms with Gasteiger partial charge < -0.3 is 10.2 Å². The minimum atomic E-state index is 0.0951. The molecule has 1 atom stereocenters. The van der Waals surface area contributed by atoms with E-state index in [1.165, 1.54) is 25.7 Å². The van der Waals surface area contributed by atoms with Crippen molar-refractivity contribution < 1.29 is 4.42 Å². The van der Waals surface area contributed by atoms with Crippen molar-refractivity contribution in [3.05, 3.63) is 24.2 Å². The van der Waals surface area contributed by atoms with Gasteiger partial charge in [0, 0.05) is 12.1 Å². The summed E-state index contributed by atoms with van der Waals surface area (Å²) in [6.07, 6.45) is 7.09. The van der Waals surface area contributed by atoms with Crippen LogP contribution in [-0.4, -0.2) is 24.0 Å². The third kappa shape index (κ3) is 2.90. The minimum Gasteiger partial charge on any atom is -0.468 e. The second-order valence-electron chi connectivity index (χ2n) is 5.64. The third-order valence-electron chi connectivity index (χ3n) is 4.29. The van der Waals surface area contributed by atoms with E-state index in [4.69, 9.17) is 10.2 Å². The molecule has 0 bridgehead atoms. The highest BCUT2D eigenvalue weighted by Crippen LogP contribution is 2.35. The van der Waals surface area contributed by atoms with E-state index < -0.39 is 0 Å². The van der Waals surface area contributed by atoms with Crippen LogP contribution in [0.5, 0.6) is 0 Å². The molecule has 3 nitrogen and oxygen atoms in total. The zero-order valence-electron chi connectivity index (χ0n) is 11.0. The van der Waals surface area contributed by atoms with Crippen LogP contribution in [0, 0.1) is 5.92 Å². The van der Waals surface area contributed by atoms with Gasteiger partial charge in [0.05, 0.1) is 12.8 Å². The van der Waals surface area contributed by atoms with Crippen molar-refractivity contribution in [3.8, 4) is 0 Å². The number of nitrogens with zero attached hydrogens (tertiary/aromatic N) is 1. The molecule has 0 aliphatic heterocycles. The molecule has 1 saturated carbocycles. The maximum absolute atomic E-state index is 5.99. The van der Waals surface area contributed by atoms with Crippen LogP contribution in [0.4, 0.5) is 0 Å². The van der Waals surface area contributed by atoms with Gasteiger partial charge in [-0.15, -0.1) is 0 Å². The molecule has 96 valence electrons. The van der Waals surface area contributed by atoms with Crippen molar-refractivity contribution >= 4 is 0 Å². The summed E-state index contributed by atoms with van der Waals surface area (Å²) in [6.45, 7) is 3.82. The molecule has 0 saturated heterocycles. The topological polar surface area (TPSA) is 42.4 Å². The molecule has 1 unspecified atom stereocenters. The molecule has 1 aliphatic carbocycles. The lowest BCUT2D eigenvalue weighted by Gasteiger charge is -2.42. The van der Waals surface area contributed by atoms with Crippen LogP contribution in [0.2, 0.25) is 0 Å². The Morgan fingerprint density at radius 1 is 1.53 bits per heavy atom. The van der Waals surface area contributed by atoms with Crippen LogP contribution >= 0.6 is 0 Å². The zero-order valence-corrected chi connectivity index (χ0v) is 11.0. The van der Waals surface area contributed by atoms with Gasteiger partial charge in [-0.2, -0.15) is 0 Å². The van der Waals surface area contributed by atoms with Crippen molar-refractivity contribution in [3.63, 3.8) is 0 Å². The van der Waals surface area contributed by atoms with Crippen LogP contribution in [-0.2, 0) is 6.54 Å². The van der Waals surface area contributed by atoms with Gasteiger partial charge in [0.2, 0.25) is 0 Å². The van der Waals surface area contributed by atoms with Crippen LogP contribution < -0.4 is 5.73 Å². The highest BCUT2D eigenvalue weighted by Gasteiger charge is 2.33. The molecule has 1 aromatic heterocycles. The van der Waals surface area contributed by atoms with Gasteiger partial charge in [-0.1, -0.05) is 19.3 Å². The lowest BCUT2D eigenvalue weighted by molar-refractivity contribution is 0.0798. The first-order valence-corrected chi connectivity index (χ1v) is 6.58. The van der Waals surface area contributed by atoms with Crippen molar-refractivity contribution in [2.75, 3.05) is 13.6 Å². The van der Waals surface area contributed by atoms with Crippen LogP contribution in [0.25, 0.3) is 0 Å². The number of rotatable bonds is 6. The first-order valence-electron chi connectivity index (χ1n) is 6.58. The molecule has 0 radical (unpaired) electrons. The largest absolute Gasteiger partial charge is 0.468 e. The summed E-state index contributed by atoms with van der Waals surface area (Å²) in [4.78, 5) is 2.34. The lowest BCUT2D eigenvalue weighted by atomic mass is 9.76. The molecule has 1 aliphatic rings. The maximum atomic E-state index is 5.99. The molecule has 0 spiro atoms. The van der Waals surface area contributed by atoms with Gasteiger partial charge in [-0.05, 0) is 38.4 Å². The van der Waals surface area contributed by atoms with E-state index in [2.05, 4.69) is 18.9 Å². The molecule has 1 aromatic rings. The summed E-state index contributed by atoms with van der Waals surface area (Å²) in [7, 11) is 2.15. The molecule has 17 heavy (non-hydrogen) atoms. The molecule has 1 fully saturated rings. The second kappa shape index (κ2) is 5.23.